The highest BCUT2D eigenvalue weighted by Crippen LogP contribution is 2.25. The van der Waals surface area contributed by atoms with Crippen LogP contribution in [-0.2, 0) is 5.75 Å². The minimum Gasteiger partial charge on any atom is -0.394 e. The van der Waals surface area contributed by atoms with Crippen LogP contribution in [0.3, 0.4) is 0 Å². The van der Waals surface area contributed by atoms with Crippen LogP contribution >= 0.6 is 11.8 Å². The zero-order valence-electron chi connectivity index (χ0n) is 10.0. The van der Waals surface area contributed by atoms with Crippen molar-refractivity contribution < 1.29 is 19.0 Å². The minimum absolute atomic E-state index is 0.260. The van der Waals surface area contributed by atoms with Gasteiger partial charge >= 0.3 is 6.55 Å². The molecule has 0 spiro atoms. The molecule has 0 saturated heterocycles. The van der Waals surface area contributed by atoms with Gasteiger partial charge in [0.15, 0.2) is 0 Å². The number of aromatic nitrogens is 2. The maximum atomic E-state index is 13.1. The van der Waals surface area contributed by atoms with Crippen LogP contribution in [0.4, 0.5) is 8.78 Å². The molecule has 0 saturated carbocycles. The van der Waals surface area contributed by atoms with Gasteiger partial charge in [-0.25, -0.2) is 4.98 Å². The van der Waals surface area contributed by atoms with E-state index in [4.69, 9.17) is 5.11 Å². The summed E-state index contributed by atoms with van der Waals surface area (Å²) in [6, 6.07) is 6.73. The van der Waals surface area contributed by atoms with Gasteiger partial charge in [0.2, 0.25) is 0 Å². The summed E-state index contributed by atoms with van der Waals surface area (Å²) in [7, 11) is 0. The van der Waals surface area contributed by atoms with E-state index in [1.54, 1.807) is 24.3 Å². The summed E-state index contributed by atoms with van der Waals surface area (Å²) >= 11 is 1.26. The van der Waals surface area contributed by atoms with E-state index in [2.05, 4.69) is 4.98 Å². The van der Waals surface area contributed by atoms with Crippen molar-refractivity contribution in [2.45, 2.75) is 18.4 Å². The van der Waals surface area contributed by atoms with Crippen LogP contribution < -0.4 is 0 Å². The number of nitrogens with zero attached hydrogens (tertiary/aromatic N) is 2. The maximum Gasteiger partial charge on any atom is 0.320 e. The molecule has 1 aromatic heterocycles. The number of thioether (sulfide) groups is 1. The SMILES string of the molecule is OC[C@@H](O)CSCc1nc2ccccc2n1C(F)F. The quantitative estimate of drug-likeness (QED) is 0.854. The first-order valence-corrected chi connectivity index (χ1v) is 6.89. The van der Waals surface area contributed by atoms with Crippen molar-refractivity contribution in [1.29, 1.82) is 0 Å². The molecule has 0 aliphatic rings. The number of aliphatic hydroxyl groups is 2. The zero-order chi connectivity index (χ0) is 13.8. The average Bonchev–Trinajstić information content (AvgIpc) is 2.76. The first kappa shape index (κ1) is 14.2. The molecule has 0 aliphatic carbocycles. The fourth-order valence-electron chi connectivity index (χ4n) is 1.75. The van der Waals surface area contributed by atoms with Crippen LogP contribution in [0, 0.1) is 0 Å². The highest BCUT2D eigenvalue weighted by atomic mass is 32.2. The van der Waals surface area contributed by atoms with E-state index in [0.717, 1.165) is 4.57 Å². The Morgan fingerprint density at radius 2 is 2.05 bits per heavy atom. The Hall–Kier alpha value is -1.18. The number of hydrogen-bond donors (Lipinski definition) is 2. The molecule has 0 amide bonds. The lowest BCUT2D eigenvalue weighted by molar-refractivity contribution is 0.0722. The maximum absolute atomic E-state index is 13.1. The van der Waals surface area contributed by atoms with E-state index in [9.17, 15) is 13.9 Å². The van der Waals surface area contributed by atoms with Crippen LogP contribution in [0.25, 0.3) is 11.0 Å². The van der Waals surface area contributed by atoms with Gasteiger partial charge in [0, 0.05) is 5.75 Å². The number of alkyl halides is 2. The molecule has 7 heteroatoms. The van der Waals surface area contributed by atoms with Crippen LogP contribution in [0.15, 0.2) is 24.3 Å². The third-order valence-electron chi connectivity index (χ3n) is 2.62. The molecule has 1 heterocycles. The molecule has 2 rings (SSSR count). The van der Waals surface area contributed by atoms with Crippen LogP contribution in [0.2, 0.25) is 0 Å². The predicted octanol–water partition coefficient (Wildman–Crippen LogP) is 2.02. The molecule has 4 nitrogen and oxygen atoms in total. The number of fused-ring (bicyclic) bond motifs is 1. The van der Waals surface area contributed by atoms with Crippen LogP contribution in [0.1, 0.15) is 12.4 Å². The number of halogens is 2. The van der Waals surface area contributed by atoms with Gasteiger partial charge in [0.1, 0.15) is 5.82 Å². The Bertz CT molecular complexity index is 548. The fourth-order valence-corrected chi connectivity index (χ4v) is 2.63. The molecule has 0 bridgehead atoms. The highest BCUT2D eigenvalue weighted by Gasteiger charge is 2.17. The Morgan fingerprint density at radius 3 is 2.74 bits per heavy atom. The standard InChI is InChI=1S/C12H14F2N2O2S/c13-12(14)16-10-4-2-1-3-9(10)15-11(16)7-19-6-8(18)5-17/h1-4,8,12,17-18H,5-7H2/t8-/m1/s1. The summed E-state index contributed by atoms with van der Waals surface area (Å²) in [5.41, 5.74) is 0.928. The Labute approximate surface area is 113 Å². The first-order chi connectivity index (χ1) is 9.13. The lowest BCUT2D eigenvalue weighted by Gasteiger charge is -2.09. The first-order valence-electron chi connectivity index (χ1n) is 5.74. The lowest BCUT2D eigenvalue weighted by atomic mass is 10.3. The van der Waals surface area contributed by atoms with Gasteiger partial charge in [0.25, 0.3) is 0 Å². The molecule has 1 atom stereocenters. The molecular weight excluding hydrogens is 274 g/mol. The van der Waals surface area contributed by atoms with Gasteiger partial charge in [-0.1, -0.05) is 12.1 Å². The number of para-hydroxylation sites is 2. The summed E-state index contributed by atoms with van der Waals surface area (Å²) < 4.78 is 27.0. The van der Waals surface area contributed by atoms with E-state index < -0.39 is 12.7 Å². The summed E-state index contributed by atoms with van der Waals surface area (Å²) in [6.07, 6.45) is -0.839. The molecule has 0 fully saturated rings. The van der Waals surface area contributed by atoms with E-state index in [-0.39, 0.29) is 23.9 Å². The summed E-state index contributed by atoms with van der Waals surface area (Å²) in [5, 5.41) is 17.9. The lowest BCUT2D eigenvalue weighted by Crippen LogP contribution is -2.15. The van der Waals surface area contributed by atoms with Gasteiger partial charge in [0.05, 0.1) is 29.5 Å². The molecular formula is C12H14F2N2O2S. The predicted molar refractivity (Wildman–Crippen MR) is 70.2 cm³/mol. The average molecular weight is 288 g/mol. The second kappa shape index (κ2) is 6.31. The fraction of sp³-hybridized carbons (Fsp3) is 0.417. The van der Waals surface area contributed by atoms with Crippen molar-refractivity contribution in [3.8, 4) is 0 Å². The molecule has 19 heavy (non-hydrogen) atoms. The number of aliphatic hydroxyl groups excluding tert-OH is 2. The van der Waals surface area contributed by atoms with E-state index in [1.165, 1.54) is 11.8 Å². The summed E-state index contributed by atoms with van der Waals surface area (Å²) in [4.78, 5) is 4.17. The number of rotatable bonds is 6. The Morgan fingerprint density at radius 1 is 1.32 bits per heavy atom. The molecule has 2 aromatic rings. The van der Waals surface area contributed by atoms with Crippen molar-refractivity contribution in [1.82, 2.24) is 9.55 Å². The summed E-state index contributed by atoms with van der Waals surface area (Å²) in [6.45, 7) is -2.98. The van der Waals surface area contributed by atoms with Crippen LogP contribution in [-0.4, -0.2) is 38.2 Å². The summed E-state index contributed by atoms with van der Waals surface area (Å²) in [5.74, 6) is 0.810. The third kappa shape index (κ3) is 3.23. The topological polar surface area (TPSA) is 58.3 Å². The normalized spacial score (nSPS) is 13.3. The third-order valence-corrected chi connectivity index (χ3v) is 3.70. The van der Waals surface area contributed by atoms with Gasteiger partial charge in [-0.3, -0.25) is 4.57 Å². The molecule has 0 radical (unpaired) electrons. The smallest absolute Gasteiger partial charge is 0.320 e. The number of hydrogen-bond acceptors (Lipinski definition) is 4. The van der Waals surface area contributed by atoms with Gasteiger partial charge in [-0.2, -0.15) is 20.5 Å². The molecule has 0 unspecified atom stereocenters. The largest absolute Gasteiger partial charge is 0.394 e. The van der Waals surface area contributed by atoms with Crippen LogP contribution in [0.5, 0.6) is 0 Å². The monoisotopic (exact) mass is 288 g/mol. The van der Waals surface area contributed by atoms with E-state index >= 15 is 0 Å². The molecule has 0 aliphatic heterocycles. The van der Waals surface area contributed by atoms with Crippen molar-refractivity contribution >= 4 is 22.8 Å². The number of imidazole rings is 1. The van der Waals surface area contributed by atoms with Crippen molar-refractivity contribution in [2.24, 2.45) is 0 Å². The Balaban J connectivity index is 2.19. The van der Waals surface area contributed by atoms with Gasteiger partial charge in [-0.05, 0) is 12.1 Å². The second-order valence-electron chi connectivity index (χ2n) is 4.02. The van der Waals surface area contributed by atoms with Gasteiger partial charge in [-0.15, -0.1) is 0 Å². The number of benzene rings is 1. The van der Waals surface area contributed by atoms with E-state index in [0.29, 0.717) is 11.0 Å². The minimum atomic E-state index is -2.65. The second-order valence-corrected chi connectivity index (χ2v) is 5.05. The Kier molecular flexibility index (Phi) is 4.73. The molecule has 2 N–H and O–H groups in total. The molecule has 104 valence electrons. The zero-order valence-corrected chi connectivity index (χ0v) is 10.9. The molecule has 1 aromatic carbocycles. The van der Waals surface area contributed by atoms with E-state index in [1.807, 2.05) is 0 Å². The van der Waals surface area contributed by atoms with Gasteiger partial charge < -0.3 is 10.2 Å². The van der Waals surface area contributed by atoms with Crippen molar-refractivity contribution in [2.75, 3.05) is 12.4 Å². The van der Waals surface area contributed by atoms with Crippen molar-refractivity contribution in [3.63, 3.8) is 0 Å². The van der Waals surface area contributed by atoms with Crippen molar-refractivity contribution in [3.05, 3.63) is 30.1 Å². The highest BCUT2D eigenvalue weighted by molar-refractivity contribution is 7.98.